The molecule has 3 aromatic rings. The van der Waals surface area contributed by atoms with E-state index in [1.165, 1.54) is 5.39 Å². The molecule has 0 aliphatic heterocycles. The summed E-state index contributed by atoms with van der Waals surface area (Å²) in [6.45, 7) is 0.491. The van der Waals surface area contributed by atoms with Crippen molar-refractivity contribution in [2.45, 2.75) is 13.0 Å². The summed E-state index contributed by atoms with van der Waals surface area (Å²) in [5.41, 5.74) is 1.48. The van der Waals surface area contributed by atoms with Crippen LogP contribution in [-0.2, 0) is 11.4 Å². The molecule has 2 N–H and O–H groups in total. The molecule has 0 radical (unpaired) electrons. The van der Waals surface area contributed by atoms with Gasteiger partial charge in [0.25, 0.3) is 5.91 Å². The summed E-state index contributed by atoms with van der Waals surface area (Å²) in [5.74, 6) is -0.677. The predicted molar refractivity (Wildman–Crippen MR) is 99.3 cm³/mol. The molecule has 132 valence electrons. The second kappa shape index (κ2) is 8.16. The minimum atomic E-state index is -0.947. The molecule has 5 nitrogen and oxygen atoms in total. The molecule has 0 aliphatic carbocycles. The van der Waals surface area contributed by atoms with Gasteiger partial charge in [0.15, 0.2) is 0 Å². The lowest BCUT2D eigenvalue weighted by atomic mass is 10.1. The normalized spacial score (nSPS) is 10.5. The van der Waals surface area contributed by atoms with Crippen molar-refractivity contribution < 1.29 is 19.4 Å². The van der Waals surface area contributed by atoms with Crippen molar-refractivity contribution in [2.75, 3.05) is 6.54 Å². The second-order valence-electron chi connectivity index (χ2n) is 5.90. The maximum absolute atomic E-state index is 12.0. The largest absolute Gasteiger partial charge is 0.489 e. The van der Waals surface area contributed by atoms with Gasteiger partial charge in [-0.05, 0) is 40.6 Å². The van der Waals surface area contributed by atoms with Crippen LogP contribution in [0.1, 0.15) is 22.3 Å². The van der Waals surface area contributed by atoms with Gasteiger partial charge in [-0.25, -0.2) is 0 Å². The van der Waals surface area contributed by atoms with Gasteiger partial charge >= 0.3 is 5.97 Å². The molecule has 26 heavy (non-hydrogen) atoms. The Labute approximate surface area is 151 Å². The fourth-order valence-electron chi connectivity index (χ4n) is 2.61. The molecule has 3 aromatic carbocycles. The van der Waals surface area contributed by atoms with Gasteiger partial charge in [-0.15, -0.1) is 0 Å². The van der Waals surface area contributed by atoms with Crippen LogP contribution in [-0.4, -0.2) is 23.5 Å². The van der Waals surface area contributed by atoms with Gasteiger partial charge in [0.1, 0.15) is 12.4 Å². The first kappa shape index (κ1) is 17.5. The third kappa shape index (κ3) is 4.60. The molecule has 0 heterocycles. The number of hydrogen-bond acceptors (Lipinski definition) is 3. The van der Waals surface area contributed by atoms with Crippen molar-refractivity contribution in [3.63, 3.8) is 0 Å². The second-order valence-corrected chi connectivity index (χ2v) is 5.90. The smallest absolute Gasteiger partial charge is 0.305 e. The molecule has 0 bridgehead atoms. The number of benzene rings is 3. The fourth-order valence-corrected chi connectivity index (χ4v) is 2.61. The van der Waals surface area contributed by atoms with E-state index in [0.29, 0.717) is 17.9 Å². The molecule has 5 heteroatoms. The zero-order chi connectivity index (χ0) is 18.4. The molecular formula is C21H19NO4. The highest BCUT2D eigenvalue weighted by Crippen LogP contribution is 2.19. The first-order valence-electron chi connectivity index (χ1n) is 8.32. The lowest BCUT2D eigenvalue weighted by Gasteiger charge is -2.09. The third-order valence-corrected chi connectivity index (χ3v) is 3.94. The van der Waals surface area contributed by atoms with Gasteiger partial charge in [-0.3, -0.25) is 9.59 Å². The van der Waals surface area contributed by atoms with E-state index >= 15 is 0 Å². The average Bonchev–Trinajstić information content (AvgIpc) is 2.66. The van der Waals surface area contributed by atoms with Gasteiger partial charge in [0, 0.05) is 12.1 Å². The van der Waals surface area contributed by atoms with Gasteiger partial charge in [-0.1, -0.05) is 42.5 Å². The summed E-state index contributed by atoms with van der Waals surface area (Å²) >= 11 is 0. The molecule has 3 rings (SSSR count). The van der Waals surface area contributed by atoms with Gasteiger partial charge in [0.2, 0.25) is 0 Å². The van der Waals surface area contributed by atoms with Crippen LogP contribution in [0.5, 0.6) is 5.75 Å². The van der Waals surface area contributed by atoms with E-state index in [9.17, 15) is 9.59 Å². The molecule has 0 aromatic heterocycles. The highest BCUT2D eigenvalue weighted by molar-refractivity contribution is 5.94. The lowest BCUT2D eigenvalue weighted by Crippen LogP contribution is -2.25. The van der Waals surface area contributed by atoms with E-state index in [0.717, 1.165) is 10.9 Å². The van der Waals surface area contributed by atoms with Crippen molar-refractivity contribution in [1.29, 1.82) is 0 Å². The Bertz CT molecular complexity index is 936. The lowest BCUT2D eigenvalue weighted by molar-refractivity contribution is -0.136. The van der Waals surface area contributed by atoms with Crippen LogP contribution >= 0.6 is 0 Å². The van der Waals surface area contributed by atoms with Crippen LogP contribution in [0, 0.1) is 0 Å². The molecule has 0 aliphatic rings. The Morgan fingerprint density at radius 3 is 2.54 bits per heavy atom. The van der Waals surface area contributed by atoms with Crippen LogP contribution in [0.3, 0.4) is 0 Å². The fraction of sp³-hybridized carbons (Fsp3) is 0.143. The summed E-state index contributed by atoms with van der Waals surface area (Å²) in [5, 5.41) is 13.5. The Morgan fingerprint density at radius 2 is 1.73 bits per heavy atom. The zero-order valence-corrected chi connectivity index (χ0v) is 14.1. The number of rotatable bonds is 7. The van der Waals surface area contributed by atoms with Gasteiger partial charge < -0.3 is 15.2 Å². The van der Waals surface area contributed by atoms with Gasteiger partial charge in [-0.2, -0.15) is 0 Å². The number of carboxylic acid groups (broad SMARTS) is 1. The average molecular weight is 349 g/mol. The number of hydrogen-bond donors (Lipinski definition) is 2. The predicted octanol–water partition coefficient (Wildman–Crippen LogP) is 3.62. The summed E-state index contributed by atoms with van der Waals surface area (Å²) in [6, 6.07) is 21.1. The topological polar surface area (TPSA) is 75.6 Å². The molecule has 0 atom stereocenters. The molecule has 0 saturated heterocycles. The molecular weight excluding hydrogens is 330 g/mol. The highest BCUT2D eigenvalue weighted by Gasteiger charge is 2.07. The minimum Gasteiger partial charge on any atom is -0.489 e. The number of nitrogens with one attached hydrogen (secondary N) is 1. The van der Waals surface area contributed by atoms with Crippen LogP contribution in [0.2, 0.25) is 0 Å². The number of carboxylic acids is 1. The van der Waals surface area contributed by atoms with Crippen molar-refractivity contribution in [3.05, 3.63) is 77.9 Å². The van der Waals surface area contributed by atoms with E-state index in [1.54, 1.807) is 24.3 Å². The van der Waals surface area contributed by atoms with Crippen molar-refractivity contribution in [3.8, 4) is 5.75 Å². The highest BCUT2D eigenvalue weighted by atomic mass is 16.5. The Hall–Kier alpha value is -3.34. The number of carbonyl (C=O) groups excluding carboxylic acids is 1. The van der Waals surface area contributed by atoms with Gasteiger partial charge in [0.05, 0.1) is 6.42 Å². The Kier molecular flexibility index (Phi) is 5.49. The first-order chi connectivity index (χ1) is 12.6. The number of fused-ring (bicyclic) bond motifs is 1. The van der Waals surface area contributed by atoms with Crippen LogP contribution < -0.4 is 10.1 Å². The number of carbonyl (C=O) groups is 2. The van der Waals surface area contributed by atoms with Crippen molar-refractivity contribution in [2.24, 2.45) is 0 Å². The molecule has 0 unspecified atom stereocenters. The third-order valence-electron chi connectivity index (χ3n) is 3.94. The monoisotopic (exact) mass is 349 g/mol. The standard InChI is InChI=1S/C21H19NO4/c23-20(24)10-11-22-21(25)18-6-3-7-19(13-18)26-14-15-8-9-16-4-1-2-5-17(16)12-15/h1-9,12-13H,10-11,14H2,(H,22,25)(H,23,24). The molecule has 0 fully saturated rings. The van der Waals surface area contributed by atoms with E-state index in [-0.39, 0.29) is 18.9 Å². The quantitative estimate of drug-likeness (QED) is 0.683. The molecule has 1 amide bonds. The summed E-state index contributed by atoms with van der Waals surface area (Å²) in [6.07, 6.45) is -0.107. The van der Waals surface area contributed by atoms with Crippen molar-refractivity contribution in [1.82, 2.24) is 5.32 Å². The summed E-state index contributed by atoms with van der Waals surface area (Å²) < 4.78 is 5.80. The van der Waals surface area contributed by atoms with Crippen LogP contribution in [0.25, 0.3) is 10.8 Å². The van der Waals surface area contributed by atoms with E-state index in [4.69, 9.17) is 9.84 Å². The number of aliphatic carboxylic acids is 1. The first-order valence-corrected chi connectivity index (χ1v) is 8.32. The number of amides is 1. The van der Waals surface area contributed by atoms with E-state index < -0.39 is 5.97 Å². The Morgan fingerprint density at radius 1 is 0.923 bits per heavy atom. The van der Waals surface area contributed by atoms with E-state index in [1.807, 2.05) is 18.2 Å². The zero-order valence-electron chi connectivity index (χ0n) is 14.1. The van der Waals surface area contributed by atoms with E-state index in [2.05, 4.69) is 29.6 Å². The molecule has 0 saturated carbocycles. The summed E-state index contributed by atoms with van der Waals surface area (Å²) in [7, 11) is 0. The maximum atomic E-state index is 12.0. The summed E-state index contributed by atoms with van der Waals surface area (Å²) in [4.78, 5) is 22.5. The SMILES string of the molecule is O=C(O)CCNC(=O)c1cccc(OCc2ccc3ccccc3c2)c1. The molecule has 0 spiro atoms. The van der Waals surface area contributed by atoms with Crippen molar-refractivity contribution >= 4 is 22.6 Å². The maximum Gasteiger partial charge on any atom is 0.305 e. The van der Waals surface area contributed by atoms with Crippen LogP contribution in [0.4, 0.5) is 0 Å². The minimum absolute atomic E-state index is 0.0936. The van der Waals surface area contributed by atoms with Crippen LogP contribution in [0.15, 0.2) is 66.7 Å². The number of ether oxygens (including phenoxy) is 1. The Balaban J connectivity index is 1.62.